The molecule has 1 fully saturated rings. The molecule has 1 amide bonds. The topological polar surface area (TPSA) is 72.9 Å². The number of carboxylic acid groups (broad SMARTS) is 1. The molecule has 132 valence electrons. The normalized spacial score (nSPS) is 21.4. The molecule has 2 rings (SSSR count). The van der Waals surface area contributed by atoms with Crippen molar-refractivity contribution in [1.82, 2.24) is 15.1 Å². The van der Waals surface area contributed by atoms with Crippen LogP contribution in [0.1, 0.15) is 18.4 Å². The first-order valence-corrected chi connectivity index (χ1v) is 8.52. The average molecular weight is 354 g/mol. The minimum atomic E-state index is -1.03. The summed E-state index contributed by atoms with van der Waals surface area (Å²) in [6, 6.07) is 7.71. The van der Waals surface area contributed by atoms with Crippen LogP contribution in [-0.2, 0) is 11.2 Å². The Bertz CT molecular complexity index is 553. The maximum atomic E-state index is 11.3. The van der Waals surface area contributed by atoms with Crippen molar-refractivity contribution < 1.29 is 14.7 Å². The number of benzene rings is 1. The van der Waals surface area contributed by atoms with Crippen LogP contribution in [0.3, 0.4) is 0 Å². The van der Waals surface area contributed by atoms with Crippen LogP contribution in [0.2, 0.25) is 5.02 Å². The summed E-state index contributed by atoms with van der Waals surface area (Å²) in [7, 11) is 1.88. The van der Waals surface area contributed by atoms with Gasteiger partial charge in [-0.05, 0) is 44.0 Å². The Labute approximate surface area is 147 Å². The van der Waals surface area contributed by atoms with Gasteiger partial charge < -0.3 is 15.2 Å². The lowest BCUT2D eigenvalue weighted by Gasteiger charge is -2.42. The Kier molecular flexibility index (Phi) is 7.02. The highest BCUT2D eigenvalue weighted by molar-refractivity contribution is 6.30. The molecule has 0 radical (unpaired) electrons. The van der Waals surface area contributed by atoms with Crippen molar-refractivity contribution in [3.8, 4) is 0 Å². The zero-order valence-corrected chi connectivity index (χ0v) is 14.6. The fourth-order valence-corrected chi connectivity index (χ4v) is 3.36. The molecule has 1 saturated heterocycles. The maximum Gasteiger partial charge on any atom is 0.407 e. The van der Waals surface area contributed by atoms with Gasteiger partial charge in [0.25, 0.3) is 0 Å². The second-order valence-corrected chi connectivity index (χ2v) is 6.43. The van der Waals surface area contributed by atoms with Crippen molar-refractivity contribution in [3.05, 3.63) is 34.9 Å². The maximum absolute atomic E-state index is 11.3. The lowest BCUT2D eigenvalue weighted by molar-refractivity contribution is -0.109. The van der Waals surface area contributed by atoms with Crippen molar-refractivity contribution >= 4 is 24.0 Å². The van der Waals surface area contributed by atoms with Gasteiger partial charge in [-0.2, -0.15) is 0 Å². The standard InChI is InChI=1S/C17H24ClN3O3/c1-19-16-12-15(21(10-11-22)17(23)24)7-9-20(16)8-6-13-2-4-14(18)5-3-13/h2-5,11,15-16,19H,6-10,12H2,1H3,(H,23,24). The second-order valence-electron chi connectivity index (χ2n) is 6.00. The van der Waals surface area contributed by atoms with E-state index in [2.05, 4.69) is 10.2 Å². The zero-order valence-electron chi connectivity index (χ0n) is 13.8. The molecular formula is C17H24ClN3O3. The van der Waals surface area contributed by atoms with E-state index in [1.165, 1.54) is 10.5 Å². The van der Waals surface area contributed by atoms with Gasteiger partial charge in [0.2, 0.25) is 0 Å². The molecule has 1 heterocycles. The van der Waals surface area contributed by atoms with Gasteiger partial charge in [-0.15, -0.1) is 0 Å². The van der Waals surface area contributed by atoms with E-state index in [1.807, 2.05) is 31.3 Å². The number of nitrogens with zero attached hydrogens (tertiary/aromatic N) is 2. The quantitative estimate of drug-likeness (QED) is 0.734. The van der Waals surface area contributed by atoms with Gasteiger partial charge in [-0.25, -0.2) is 4.79 Å². The third-order valence-corrected chi connectivity index (χ3v) is 4.83. The molecule has 1 aromatic rings. The Morgan fingerprint density at radius 1 is 1.46 bits per heavy atom. The van der Waals surface area contributed by atoms with Crippen molar-refractivity contribution in [3.63, 3.8) is 0 Å². The first kappa shape index (κ1) is 18.7. The predicted octanol–water partition coefficient (Wildman–Crippen LogP) is 2.07. The summed E-state index contributed by atoms with van der Waals surface area (Å²) < 4.78 is 0. The van der Waals surface area contributed by atoms with Gasteiger partial charge >= 0.3 is 6.09 Å². The average Bonchev–Trinajstić information content (AvgIpc) is 2.59. The Balaban J connectivity index is 1.93. The summed E-state index contributed by atoms with van der Waals surface area (Å²) in [5.41, 5.74) is 1.23. The number of aldehydes is 1. The number of halogens is 1. The number of hydrogen-bond acceptors (Lipinski definition) is 4. The van der Waals surface area contributed by atoms with Crippen molar-refractivity contribution in [2.75, 3.05) is 26.7 Å². The molecule has 7 heteroatoms. The minimum absolute atomic E-state index is 0.0682. The lowest BCUT2D eigenvalue weighted by atomic mass is 9.99. The van der Waals surface area contributed by atoms with Gasteiger partial charge in [0.15, 0.2) is 0 Å². The van der Waals surface area contributed by atoms with Gasteiger partial charge in [-0.1, -0.05) is 23.7 Å². The highest BCUT2D eigenvalue weighted by atomic mass is 35.5. The number of likely N-dealkylation sites (tertiary alicyclic amines) is 1. The number of piperidine rings is 1. The monoisotopic (exact) mass is 353 g/mol. The van der Waals surface area contributed by atoms with E-state index < -0.39 is 6.09 Å². The molecule has 0 bridgehead atoms. The van der Waals surface area contributed by atoms with Gasteiger partial charge in [0.1, 0.15) is 6.29 Å². The number of nitrogens with one attached hydrogen (secondary N) is 1. The van der Waals surface area contributed by atoms with Crippen molar-refractivity contribution in [1.29, 1.82) is 0 Å². The molecule has 0 aromatic heterocycles. The summed E-state index contributed by atoms with van der Waals surface area (Å²) in [6.07, 6.45) is 2.05. The molecule has 0 aliphatic carbocycles. The van der Waals surface area contributed by atoms with E-state index in [0.29, 0.717) is 12.7 Å². The third-order valence-electron chi connectivity index (χ3n) is 4.58. The molecule has 6 nitrogen and oxygen atoms in total. The lowest BCUT2D eigenvalue weighted by Crippen LogP contribution is -2.56. The van der Waals surface area contributed by atoms with Gasteiger partial charge in [0, 0.05) is 24.2 Å². The fraction of sp³-hybridized carbons (Fsp3) is 0.529. The van der Waals surface area contributed by atoms with Crippen LogP contribution in [0, 0.1) is 0 Å². The first-order chi connectivity index (χ1) is 11.5. The molecule has 0 saturated carbocycles. The van der Waals surface area contributed by atoms with E-state index in [0.717, 1.165) is 31.0 Å². The third kappa shape index (κ3) is 4.93. The number of amides is 1. The minimum Gasteiger partial charge on any atom is -0.465 e. The number of rotatable bonds is 7. The van der Waals surface area contributed by atoms with E-state index in [4.69, 9.17) is 11.6 Å². The van der Waals surface area contributed by atoms with Crippen LogP contribution in [-0.4, -0.2) is 66.2 Å². The first-order valence-electron chi connectivity index (χ1n) is 8.14. The van der Waals surface area contributed by atoms with Crippen LogP contribution in [0.25, 0.3) is 0 Å². The van der Waals surface area contributed by atoms with Crippen LogP contribution < -0.4 is 5.32 Å². The van der Waals surface area contributed by atoms with E-state index in [9.17, 15) is 14.7 Å². The van der Waals surface area contributed by atoms with Crippen LogP contribution in [0.4, 0.5) is 4.79 Å². The predicted molar refractivity (Wildman–Crippen MR) is 93.4 cm³/mol. The van der Waals surface area contributed by atoms with Crippen LogP contribution in [0.15, 0.2) is 24.3 Å². The highest BCUT2D eigenvalue weighted by Gasteiger charge is 2.32. The van der Waals surface area contributed by atoms with E-state index in [1.54, 1.807) is 0 Å². The molecule has 1 aliphatic rings. The number of carbonyl (C=O) groups excluding carboxylic acids is 1. The molecule has 1 aliphatic heterocycles. The summed E-state index contributed by atoms with van der Waals surface area (Å²) in [4.78, 5) is 25.6. The summed E-state index contributed by atoms with van der Waals surface area (Å²) >= 11 is 5.91. The summed E-state index contributed by atoms with van der Waals surface area (Å²) in [5.74, 6) is 0. The largest absolute Gasteiger partial charge is 0.465 e. The summed E-state index contributed by atoms with van der Waals surface area (Å²) in [6.45, 7) is 1.62. The Morgan fingerprint density at radius 2 is 2.17 bits per heavy atom. The summed E-state index contributed by atoms with van der Waals surface area (Å²) in [5, 5.41) is 13.3. The molecule has 0 spiro atoms. The molecule has 2 N–H and O–H groups in total. The van der Waals surface area contributed by atoms with Gasteiger partial charge in [0.05, 0.1) is 12.7 Å². The van der Waals surface area contributed by atoms with Crippen LogP contribution in [0.5, 0.6) is 0 Å². The molecule has 2 unspecified atom stereocenters. The van der Waals surface area contributed by atoms with Crippen molar-refractivity contribution in [2.45, 2.75) is 31.5 Å². The zero-order chi connectivity index (χ0) is 17.5. The Morgan fingerprint density at radius 3 is 2.75 bits per heavy atom. The van der Waals surface area contributed by atoms with Crippen molar-refractivity contribution in [2.24, 2.45) is 0 Å². The Hall–Kier alpha value is -1.63. The molecule has 1 aromatic carbocycles. The number of hydrogen-bond donors (Lipinski definition) is 2. The molecule has 24 heavy (non-hydrogen) atoms. The smallest absolute Gasteiger partial charge is 0.407 e. The van der Waals surface area contributed by atoms with Crippen LogP contribution >= 0.6 is 11.6 Å². The highest BCUT2D eigenvalue weighted by Crippen LogP contribution is 2.21. The number of carbonyl (C=O) groups is 2. The van der Waals surface area contributed by atoms with E-state index >= 15 is 0 Å². The fourth-order valence-electron chi connectivity index (χ4n) is 3.23. The second kappa shape index (κ2) is 9.01. The van der Waals surface area contributed by atoms with Gasteiger partial charge in [-0.3, -0.25) is 9.80 Å². The molecule has 2 atom stereocenters. The molecular weight excluding hydrogens is 330 g/mol. The van der Waals surface area contributed by atoms with E-state index in [-0.39, 0.29) is 18.8 Å². The SMILES string of the molecule is CNC1CC(N(CC=O)C(=O)O)CCN1CCc1ccc(Cl)cc1.